The van der Waals surface area contributed by atoms with E-state index in [1.165, 1.54) is 0 Å². The van der Waals surface area contributed by atoms with Crippen LogP contribution in [-0.2, 0) is 17.8 Å². The second-order valence-electron chi connectivity index (χ2n) is 9.95. The number of nitrogens with one attached hydrogen (secondary N) is 1. The Kier molecular flexibility index (Phi) is 7.16. The van der Waals surface area contributed by atoms with Gasteiger partial charge in [0.05, 0.1) is 31.3 Å². The second-order valence-corrected chi connectivity index (χ2v) is 9.95. The Morgan fingerprint density at radius 2 is 2.00 bits per heavy atom. The van der Waals surface area contributed by atoms with E-state index in [0.717, 1.165) is 48.4 Å². The maximum absolute atomic E-state index is 13.2. The molecule has 6 rings (SSSR count). The van der Waals surface area contributed by atoms with Crippen LogP contribution in [0.25, 0.3) is 10.9 Å². The average molecular weight is 533 g/mol. The third kappa shape index (κ3) is 5.32. The highest BCUT2D eigenvalue weighted by Gasteiger charge is 2.29. The van der Waals surface area contributed by atoms with Gasteiger partial charge in [0, 0.05) is 36.7 Å². The van der Waals surface area contributed by atoms with Crippen molar-refractivity contribution in [1.82, 2.24) is 30.1 Å². The van der Waals surface area contributed by atoms with Crippen molar-refractivity contribution in [3.05, 3.63) is 69.8 Å². The number of tetrazole rings is 1. The number of hydrogen-bond donors (Lipinski definition) is 1. The summed E-state index contributed by atoms with van der Waals surface area (Å²) >= 11 is 0. The minimum absolute atomic E-state index is 0.0957. The Labute approximate surface area is 225 Å². The van der Waals surface area contributed by atoms with Crippen molar-refractivity contribution in [3.63, 3.8) is 0 Å². The second kappa shape index (κ2) is 11.0. The van der Waals surface area contributed by atoms with Gasteiger partial charge >= 0.3 is 0 Å². The van der Waals surface area contributed by atoms with E-state index < -0.39 is 0 Å². The van der Waals surface area contributed by atoms with Gasteiger partial charge in [0.1, 0.15) is 5.75 Å². The summed E-state index contributed by atoms with van der Waals surface area (Å²) in [6.07, 6.45) is 2.88. The topological polar surface area (TPSA) is 117 Å². The van der Waals surface area contributed by atoms with Crippen molar-refractivity contribution < 1.29 is 18.9 Å². The molecule has 2 aliphatic rings. The summed E-state index contributed by atoms with van der Waals surface area (Å²) in [7, 11) is 1.65. The van der Waals surface area contributed by atoms with Gasteiger partial charge in [-0.3, -0.25) is 9.69 Å². The van der Waals surface area contributed by atoms with Gasteiger partial charge in [-0.25, -0.2) is 4.68 Å². The lowest BCUT2D eigenvalue weighted by Crippen LogP contribution is -2.37. The summed E-state index contributed by atoms with van der Waals surface area (Å²) in [5.74, 6) is 2.88. The molecule has 4 aromatic rings. The number of hydrogen-bond acceptors (Lipinski definition) is 9. The molecule has 1 saturated heterocycles. The Hall–Kier alpha value is -3.96. The van der Waals surface area contributed by atoms with E-state index in [1.54, 1.807) is 7.11 Å². The molecule has 0 amide bonds. The highest BCUT2D eigenvalue weighted by Crippen LogP contribution is 2.35. The summed E-state index contributed by atoms with van der Waals surface area (Å²) in [5.41, 5.74) is 2.31. The van der Waals surface area contributed by atoms with Crippen molar-refractivity contribution in [2.24, 2.45) is 0 Å². The Morgan fingerprint density at radius 3 is 2.74 bits per heavy atom. The van der Waals surface area contributed by atoms with Gasteiger partial charge < -0.3 is 23.9 Å². The normalized spacial score (nSPS) is 17.3. The molecule has 0 saturated carbocycles. The first-order chi connectivity index (χ1) is 19.1. The van der Waals surface area contributed by atoms with Crippen LogP contribution in [0.2, 0.25) is 0 Å². The van der Waals surface area contributed by atoms with Crippen LogP contribution in [0.3, 0.4) is 0 Å². The standard InChI is InChI=1S/C28H32N6O5/c1-3-24(27-30-31-32-34(27)14-18-6-8-21(36-2)9-7-18)33(16-22-5-4-10-37-22)15-20-11-19-12-25-26(39-17-38-25)13-23(19)29-28(20)35/h6-9,11-13,22,24H,3-5,10,14-17H2,1-2H3,(H,29,35)/t22-,24+/m0/s1. The molecule has 2 aromatic heterocycles. The summed E-state index contributed by atoms with van der Waals surface area (Å²) in [6, 6.07) is 13.4. The Bertz CT molecular complexity index is 1490. The SMILES string of the molecule is CC[C@H](c1nnnn1Cc1ccc(OC)cc1)N(Cc1cc2cc3c(cc2[nH]c1=O)OCO3)C[C@@H]1CCCO1. The molecule has 2 aliphatic heterocycles. The molecule has 2 atom stereocenters. The summed E-state index contributed by atoms with van der Waals surface area (Å²) in [5, 5.41) is 13.7. The van der Waals surface area contributed by atoms with Gasteiger partial charge in [-0.15, -0.1) is 5.10 Å². The average Bonchev–Trinajstić information content (AvgIpc) is 3.72. The Balaban J connectivity index is 1.31. The zero-order valence-corrected chi connectivity index (χ0v) is 22.1. The molecule has 4 heterocycles. The highest BCUT2D eigenvalue weighted by molar-refractivity contribution is 5.83. The third-order valence-corrected chi connectivity index (χ3v) is 7.43. The Morgan fingerprint density at radius 1 is 1.18 bits per heavy atom. The number of aromatic nitrogens is 5. The van der Waals surface area contributed by atoms with Crippen LogP contribution in [0.5, 0.6) is 17.2 Å². The van der Waals surface area contributed by atoms with Crippen LogP contribution in [0, 0.1) is 0 Å². The van der Waals surface area contributed by atoms with Crippen LogP contribution in [0.4, 0.5) is 0 Å². The molecular formula is C28H32N6O5. The van der Waals surface area contributed by atoms with E-state index in [-0.39, 0.29) is 24.5 Å². The molecule has 0 aliphatic carbocycles. The highest BCUT2D eigenvalue weighted by atomic mass is 16.7. The molecule has 0 spiro atoms. The van der Waals surface area contributed by atoms with Crippen LogP contribution >= 0.6 is 0 Å². The molecule has 11 nitrogen and oxygen atoms in total. The molecular weight excluding hydrogens is 500 g/mol. The number of methoxy groups -OCH3 is 1. The van der Waals surface area contributed by atoms with Gasteiger partial charge in [0.15, 0.2) is 17.3 Å². The van der Waals surface area contributed by atoms with Gasteiger partial charge in [0.2, 0.25) is 6.79 Å². The fraction of sp³-hybridized carbons (Fsp3) is 0.429. The van der Waals surface area contributed by atoms with E-state index in [0.29, 0.717) is 42.2 Å². The van der Waals surface area contributed by atoms with Crippen LogP contribution in [0.15, 0.2) is 47.3 Å². The fourth-order valence-electron chi connectivity index (χ4n) is 5.40. The van der Waals surface area contributed by atoms with Crippen molar-refractivity contribution in [1.29, 1.82) is 0 Å². The zero-order valence-electron chi connectivity index (χ0n) is 22.1. The first kappa shape index (κ1) is 25.3. The van der Waals surface area contributed by atoms with Crippen molar-refractivity contribution >= 4 is 10.9 Å². The molecule has 2 aromatic carbocycles. The molecule has 1 fully saturated rings. The number of fused-ring (bicyclic) bond motifs is 2. The molecule has 39 heavy (non-hydrogen) atoms. The smallest absolute Gasteiger partial charge is 0.252 e. The van der Waals surface area contributed by atoms with E-state index in [9.17, 15) is 4.79 Å². The first-order valence-corrected chi connectivity index (χ1v) is 13.3. The zero-order chi connectivity index (χ0) is 26.8. The summed E-state index contributed by atoms with van der Waals surface area (Å²) < 4.78 is 24.2. The maximum atomic E-state index is 13.2. The number of nitrogens with zero attached hydrogens (tertiary/aromatic N) is 5. The molecule has 204 valence electrons. The van der Waals surface area contributed by atoms with Crippen molar-refractivity contribution in [2.45, 2.75) is 51.4 Å². The number of rotatable bonds is 10. The lowest BCUT2D eigenvalue weighted by Gasteiger charge is -2.32. The molecule has 1 N–H and O–H groups in total. The van der Waals surface area contributed by atoms with E-state index in [4.69, 9.17) is 18.9 Å². The monoisotopic (exact) mass is 532 g/mol. The quantitative estimate of drug-likeness (QED) is 0.328. The predicted molar refractivity (Wildman–Crippen MR) is 143 cm³/mol. The minimum Gasteiger partial charge on any atom is -0.497 e. The predicted octanol–water partition coefficient (Wildman–Crippen LogP) is 3.43. The summed E-state index contributed by atoms with van der Waals surface area (Å²) in [4.78, 5) is 18.5. The maximum Gasteiger partial charge on any atom is 0.252 e. The first-order valence-electron chi connectivity index (χ1n) is 13.3. The van der Waals surface area contributed by atoms with Crippen molar-refractivity contribution in [3.8, 4) is 17.2 Å². The van der Waals surface area contributed by atoms with E-state index in [1.807, 2.05) is 47.1 Å². The molecule has 0 bridgehead atoms. The molecule has 0 unspecified atom stereocenters. The van der Waals surface area contributed by atoms with E-state index in [2.05, 4.69) is 32.3 Å². The largest absolute Gasteiger partial charge is 0.497 e. The third-order valence-electron chi connectivity index (χ3n) is 7.43. The van der Waals surface area contributed by atoms with Gasteiger partial charge in [0.25, 0.3) is 5.56 Å². The number of ether oxygens (including phenoxy) is 4. The number of H-pyrrole nitrogens is 1. The molecule has 11 heteroatoms. The van der Waals surface area contributed by atoms with Crippen LogP contribution in [0.1, 0.15) is 49.2 Å². The van der Waals surface area contributed by atoms with E-state index >= 15 is 0 Å². The summed E-state index contributed by atoms with van der Waals surface area (Å²) in [6.45, 7) is 4.68. The minimum atomic E-state index is -0.133. The number of aromatic amines is 1. The van der Waals surface area contributed by atoms with Gasteiger partial charge in [-0.2, -0.15) is 0 Å². The van der Waals surface area contributed by atoms with Crippen molar-refractivity contribution in [2.75, 3.05) is 27.1 Å². The lowest BCUT2D eigenvalue weighted by molar-refractivity contribution is 0.0489. The van der Waals surface area contributed by atoms with Crippen LogP contribution < -0.4 is 19.8 Å². The lowest BCUT2D eigenvalue weighted by atomic mass is 10.1. The van der Waals surface area contributed by atoms with Gasteiger partial charge in [-0.1, -0.05) is 19.1 Å². The fourth-order valence-corrected chi connectivity index (χ4v) is 5.40. The van der Waals surface area contributed by atoms with Gasteiger partial charge in [-0.05, 0) is 59.5 Å². The number of benzene rings is 2. The van der Waals surface area contributed by atoms with Crippen LogP contribution in [-0.4, -0.2) is 63.2 Å². The number of pyridine rings is 1. The molecule has 0 radical (unpaired) electrons.